The van der Waals surface area contributed by atoms with Gasteiger partial charge in [-0.2, -0.15) is 0 Å². The lowest BCUT2D eigenvalue weighted by atomic mass is 9.74. The number of benzene rings is 2. The molecule has 0 saturated carbocycles. The Morgan fingerprint density at radius 3 is 2.58 bits per heavy atom. The molecule has 1 saturated heterocycles. The van der Waals surface area contributed by atoms with E-state index in [1.807, 2.05) is 6.08 Å². The molecule has 4 rings (SSSR count). The molecule has 0 unspecified atom stereocenters. The van der Waals surface area contributed by atoms with Crippen LogP contribution in [0.25, 0.3) is 17.0 Å². The fraction of sp³-hybridized carbons (Fsp3) is 0.357. The topological polar surface area (TPSA) is 62.7 Å². The molecule has 0 aliphatic carbocycles. The van der Waals surface area contributed by atoms with Crippen LogP contribution in [0.4, 0.5) is 13.2 Å². The van der Waals surface area contributed by atoms with E-state index in [2.05, 4.69) is 9.88 Å². The van der Waals surface area contributed by atoms with Crippen LogP contribution in [0.2, 0.25) is 0 Å². The number of aryl methyl sites for hydroxylation is 1. The van der Waals surface area contributed by atoms with Gasteiger partial charge in [-0.3, -0.25) is 14.7 Å². The fourth-order valence-corrected chi connectivity index (χ4v) is 4.88. The van der Waals surface area contributed by atoms with Gasteiger partial charge in [0.15, 0.2) is 11.6 Å². The number of nitrogens with zero attached hydrogens (tertiary/aromatic N) is 2. The summed E-state index contributed by atoms with van der Waals surface area (Å²) in [6.45, 7) is 1.81. The third-order valence-corrected chi connectivity index (χ3v) is 7.10. The van der Waals surface area contributed by atoms with E-state index < -0.39 is 28.8 Å². The van der Waals surface area contributed by atoms with E-state index in [1.54, 1.807) is 31.4 Å². The van der Waals surface area contributed by atoms with E-state index >= 15 is 0 Å². The normalized spacial score (nSPS) is 16.0. The van der Waals surface area contributed by atoms with Crippen molar-refractivity contribution in [3.05, 3.63) is 77.2 Å². The van der Waals surface area contributed by atoms with E-state index in [0.29, 0.717) is 79.5 Å². The van der Waals surface area contributed by atoms with Crippen molar-refractivity contribution in [2.75, 3.05) is 26.7 Å². The average Bonchev–Trinajstić information content (AvgIpc) is 2.88. The first-order chi connectivity index (χ1) is 17.3. The average molecular weight is 499 g/mol. The van der Waals surface area contributed by atoms with Crippen molar-refractivity contribution in [3.8, 4) is 5.75 Å². The van der Waals surface area contributed by atoms with Gasteiger partial charge in [0.1, 0.15) is 11.6 Å². The van der Waals surface area contributed by atoms with E-state index in [1.165, 1.54) is 12.3 Å². The van der Waals surface area contributed by atoms with Crippen molar-refractivity contribution in [1.82, 2.24) is 9.88 Å². The molecule has 0 radical (unpaired) electrons. The van der Waals surface area contributed by atoms with Crippen molar-refractivity contribution < 1.29 is 27.8 Å². The molecule has 1 aromatic heterocycles. The number of halogens is 3. The number of fused-ring (bicyclic) bond motifs is 1. The number of ether oxygens (including phenoxy) is 1. The van der Waals surface area contributed by atoms with Gasteiger partial charge in [-0.25, -0.2) is 13.2 Å². The lowest BCUT2D eigenvalue weighted by Gasteiger charge is -2.38. The summed E-state index contributed by atoms with van der Waals surface area (Å²) < 4.78 is 46.3. The van der Waals surface area contributed by atoms with Gasteiger partial charge in [-0.1, -0.05) is 18.2 Å². The predicted octanol–water partition coefficient (Wildman–Crippen LogP) is 5.86. The van der Waals surface area contributed by atoms with Gasteiger partial charge in [0.2, 0.25) is 0 Å². The Kier molecular flexibility index (Phi) is 7.94. The molecule has 8 heteroatoms. The molecule has 2 heterocycles. The third kappa shape index (κ3) is 5.70. The van der Waals surface area contributed by atoms with Crippen molar-refractivity contribution in [3.63, 3.8) is 0 Å². The molecule has 0 amide bonds. The quantitative estimate of drug-likeness (QED) is 0.400. The summed E-state index contributed by atoms with van der Waals surface area (Å²) in [5.41, 5.74) is 0.917. The zero-order valence-corrected chi connectivity index (χ0v) is 20.1. The molecule has 5 nitrogen and oxygen atoms in total. The number of carbonyl (C=O) groups is 1. The number of carboxylic acid groups (broad SMARTS) is 1. The molecule has 0 atom stereocenters. The van der Waals surface area contributed by atoms with E-state index in [4.69, 9.17) is 4.74 Å². The SMILES string of the molecule is COc1ccc2ncc(F)c(CCCC3(C(=O)O)CCN(CC=Cc4ccc(F)c(F)c4)CC3)c2c1. The second-order valence-corrected chi connectivity index (χ2v) is 9.28. The van der Waals surface area contributed by atoms with Crippen LogP contribution in [0.5, 0.6) is 5.75 Å². The molecule has 1 N–H and O–H groups in total. The van der Waals surface area contributed by atoms with Crippen molar-refractivity contribution in [1.29, 1.82) is 0 Å². The number of rotatable bonds is 9. The number of piperidine rings is 1. The Labute approximate surface area is 208 Å². The predicted molar refractivity (Wildman–Crippen MR) is 132 cm³/mol. The molecular formula is C28H29F3N2O3. The Hall–Kier alpha value is -3.39. The van der Waals surface area contributed by atoms with Gasteiger partial charge < -0.3 is 9.84 Å². The van der Waals surface area contributed by atoms with Gasteiger partial charge in [0.05, 0.1) is 24.2 Å². The van der Waals surface area contributed by atoms with E-state index in [0.717, 1.165) is 12.1 Å². The molecule has 1 fully saturated rings. The van der Waals surface area contributed by atoms with Crippen LogP contribution in [0, 0.1) is 22.9 Å². The highest BCUT2D eigenvalue weighted by Gasteiger charge is 2.40. The molecular weight excluding hydrogens is 469 g/mol. The minimum absolute atomic E-state index is 0.400. The minimum Gasteiger partial charge on any atom is -0.497 e. The maximum atomic E-state index is 14.6. The second kappa shape index (κ2) is 11.1. The molecule has 1 aliphatic rings. The standard InChI is InChI=1S/C28H29F3N2O3/c1-36-20-7-9-26-22(17-20)21(25(31)18-32-26)5-2-10-28(27(34)35)11-14-33(15-12-28)13-3-4-19-6-8-23(29)24(30)16-19/h3-4,6-9,16-18H,2,5,10-15H2,1H3,(H,34,35). The van der Waals surface area contributed by atoms with Crippen LogP contribution < -0.4 is 4.74 Å². The van der Waals surface area contributed by atoms with Crippen molar-refractivity contribution >= 4 is 22.9 Å². The Morgan fingerprint density at radius 1 is 1.11 bits per heavy atom. The highest BCUT2D eigenvalue weighted by molar-refractivity contribution is 5.83. The Morgan fingerprint density at radius 2 is 1.89 bits per heavy atom. The van der Waals surface area contributed by atoms with E-state index in [9.17, 15) is 23.1 Å². The highest BCUT2D eigenvalue weighted by Crippen LogP contribution is 2.37. The molecule has 3 aromatic rings. The number of hydrogen-bond acceptors (Lipinski definition) is 4. The molecule has 2 aromatic carbocycles. The summed E-state index contributed by atoms with van der Waals surface area (Å²) in [6.07, 6.45) is 7.19. The maximum Gasteiger partial charge on any atom is 0.309 e. The minimum atomic E-state index is -0.889. The molecule has 0 bridgehead atoms. The van der Waals surface area contributed by atoms with Crippen LogP contribution in [0.15, 0.2) is 48.7 Å². The first-order valence-corrected chi connectivity index (χ1v) is 12.0. The number of likely N-dealkylation sites (tertiary alicyclic amines) is 1. The number of hydrogen-bond donors (Lipinski definition) is 1. The summed E-state index contributed by atoms with van der Waals surface area (Å²) in [5.74, 6) is -2.37. The lowest BCUT2D eigenvalue weighted by molar-refractivity contribution is -0.152. The number of aliphatic carboxylic acids is 1. The summed E-state index contributed by atoms with van der Waals surface area (Å²) >= 11 is 0. The van der Waals surface area contributed by atoms with Crippen LogP contribution in [0.3, 0.4) is 0 Å². The van der Waals surface area contributed by atoms with Crippen molar-refractivity contribution in [2.45, 2.75) is 32.1 Å². The first kappa shape index (κ1) is 25.7. The lowest BCUT2D eigenvalue weighted by Crippen LogP contribution is -2.44. The number of carboxylic acids is 1. The Bertz CT molecular complexity index is 1270. The molecule has 0 spiro atoms. The van der Waals surface area contributed by atoms with Crippen LogP contribution in [-0.4, -0.2) is 47.7 Å². The zero-order valence-electron chi connectivity index (χ0n) is 20.1. The molecule has 36 heavy (non-hydrogen) atoms. The van der Waals surface area contributed by atoms with Crippen LogP contribution >= 0.6 is 0 Å². The van der Waals surface area contributed by atoms with Crippen LogP contribution in [-0.2, 0) is 11.2 Å². The van der Waals surface area contributed by atoms with E-state index in [-0.39, 0.29) is 0 Å². The number of aromatic nitrogens is 1. The third-order valence-electron chi connectivity index (χ3n) is 7.10. The monoisotopic (exact) mass is 498 g/mol. The maximum absolute atomic E-state index is 14.6. The highest BCUT2D eigenvalue weighted by atomic mass is 19.2. The van der Waals surface area contributed by atoms with Crippen molar-refractivity contribution in [2.24, 2.45) is 5.41 Å². The zero-order chi connectivity index (χ0) is 25.7. The smallest absolute Gasteiger partial charge is 0.309 e. The van der Waals surface area contributed by atoms with Gasteiger partial charge in [-0.05, 0) is 86.7 Å². The van der Waals surface area contributed by atoms with Gasteiger partial charge >= 0.3 is 5.97 Å². The van der Waals surface area contributed by atoms with Gasteiger partial charge in [0.25, 0.3) is 0 Å². The van der Waals surface area contributed by atoms with Crippen LogP contribution in [0.1, 0.15) is 36.8 Å². The summed E-state index contributed by atoms with van der Waals surface area (Å²) in [4.78, 5) is 18.5. The second-order valence-electron chi connectivity index (χ2n) is 9.28. The number of pyridine rings is 1. The number of methoxy groups -OCH3 is 1. The summed E-state index contributed by atoms with van der Waals surface area (Å²) in [6, 6.07) is 9.06. The molecule has 190 valence electrons. The van der Waals surface area contributed by atoms with Gasteiger partial charge in [-0.15, -0.1) is 0 Å². The first-order valence-electron chi connectivity index (χ1n) is 12.0. The molecule has 1 aliphatic heterocycles. The largest absolute Gasteiger partial charge is 0.497 e. The summed E-state index contributed by atoms with van der Waals surface area (Å²) in [5, 5.41) is 10.7. The fourth-order valence-electron chi connectivity index (χ4n) is 4.88. The van der Waals surface area contributed by atoms with Gasteiger partial charge in [0, 0.05) is 11.9 Å². The Balaban J connectivity index is 1.36. The summed E-state index contributed by atoms with van der Waals surface area (Å²) in [7, 11) is 1.55.